The molecule has 3 nitrogen and oxygen atoms in total. The standard InChI is InChI=1S/C9H11BrN2O/c1-3-11-9(13)8-7(10)4-6(2)5-12-8/h4-5H,3H2,1-2H3,(H,11,13). The van der Waals surface area contributed by atoms with Crippen molar-refractivity contribution in [2.24, 2.45) is 0 Å². The van der Waals surface area contributed by atoms with Crippen molar-refractivity contribution >= 4 is 21.8 Å². The minimum Gasteiger partial charge on any atom is -0.351 e. The third-order valence-corrected chi connectivity index (χ3v) is 2.13. The van der Waals surface area contributed by atoms with Gasteiger partial charge in [0.2, 0.25) is 0 Å². The molecule has 1 rings (SSSR count). The Morgan fingerprint density at radius 3 is 2.92 bits per heavy atom. The molecule has 70 valence electrons. The largest absolute Gasteiger partial charge is 0.351 e. The van der Waals surface area contributed by atoms with Gasteiger partial charge in [0.05, 0.1) is 0 Å². The van der Waals surface area contributed by atoms with E-state index in [1.165, 1.54) is 0 Å². The predicted molar refractivity (Wildman–Crippen MR) is 54.7 cm³/mol. The Morgan fingerprint density at radius 2 is 2.38 bits per heavy atom. The van der Waals surface area contributed by atoms with Gasteiger partial charge in [-0.15, -0.1) is 0 Å². The van der Waals surface area contributed by atoms with Crippen LogP contribution in [0, 0.1) is 6.92 Å². The van der Waals surface area contributed by atoms with Gasteiger partial charge < -0.3 is 5.32 Å². The van der Waals surface area contributed by atoms with Crippen LogP contribution in [0.5, 0.6) is 0 Å². The number of hydrogen-bond donors (Lipinski definition) is 1. The van der Waals surface area contributed by atoms with E-state index in [-0.39, 0.29) is 5.91 Å². The number of nitrogens with zero attached hydrogens (tertiary/aromatic N) is 1. The molecule has 0 aromatic carbocycles. The van der Waals surface area contributed by atoms with Crippen molar-refractivity contribution in [1.82, 2.24) is 10.3 Å². The van der Waals surface area contributed by atoms with Gasteiger partial charge >= 0.3 is 0 Å². The van der Waals surface area contributed by atoms with Gasteiger partial charge in [0.1, 0.15) is 5.69 Å². The highest BCUT2D eigenvalue weighted by atomic mass is 79.9. The van der Waals surface area contributed by atoms with E-state index in [9.17, 15) is 4.79 Å². The summed E-state index contributed by atoms with van der Waals surface area (Å²) in [5.41, 5.74) is 1.47. The van der Waals surface area contributed by atoms with Crippen molar-refractivity contribution < 1.29 is 4.79 Å². The van der Waals surface area contributed by atoms with Gasteiger partial charge in [-0.2, -0.15) is 0 Å². The number of hydrogen-bond acceptors (Lipinski definition) is 2. The molecule has 0 bridgehead atoms. The zero-order valence-electron chi connectivity index (χ0n) is 7.60. The van der Waals surface area contributed by atoms with Crippen LogP contribution >= 0.6 is 15.9 Å². The molecule has 0 aliphatic heterocycles. The number of pyridine rings is 1. The molecule has 0 radical (unpaired) electrons. The highest BCUT2D eigenvalue weighted by molar-refractivity contribution is 9.10. The van der Waals surface area contributed by atoms with Crippen molar-refractivity contribution in [2.45, 2.75) is 13.8 Å². The van der Waals surface area contributed by atoms with Gasteiger partial charge in [-0.1, -0.05) is 0 Å². The summed E-state index contributed by atoms with van der Waals surface area (Å²) in [5, 5.41) is 2.69. The normalized spacial score (nSPS) is 9.77. The average molecular weight is 243 g/mol. The fourth-order valence-electron chi connectivity index (χ4n) is 0.945. The summed E-state index contributed by atoms with van der Waals surface area (Å²) in [5.74, 6) is -0.144. The van der Waals surface area contributed by atoms with Gasteiger partial charge in [0, 0.05) is 17.2 Å². The second kappa shape index (κ2) is 4.37. The van der Waals surface area contributed by atoms with Gasteiger partial charge in [-0.3, -0.25) is 4.79 Å². The number of nitrogens with one attached hydrogen (secondary N) is 1. The third kappa shape index (κ3) is 2.52. The summed E-state index contributed by atoms with van der Waals surface area (Å²) in [4.78, 5) is 15.4. The molecule has 1 aromatic rings. The molecule has 1 aromatic heterocycles. The fraction of sp³-hybridized carbons (Fsp3) is 0.333. The number of amides is 1. The van der Waals surface area contributed by atoms with E-state index in [1.807, 2.05) is 19.9 Å². The second-order valence-corrected chi connectivity index (χ2v) is 3.56. The van der Waals surface area contributed by atoms with E-state index in [1.54, 1.807) is 6.20 Å². The maximum Gasteiger partial charge on any atom is 0.271 e. The smallest absolute Gasteiger partial charge is 0.271 e. The monoisotopic (exact) mass is 242 g/mol. The summed E-state index contributed by atoms with van der Waals surface area (Å²) >= 11 is 3.29. The van der Waals surface area contributed by atoms with Crippen LogP contribution in [-0.2, 0) is 0 Å². The Labute approximate surface area is 85.7 Å². The van der Waals surface area contributed by atoms with Crippen LogP contribution in [0.2, 0.25) is 0 Å². The number of halogens is 1. The summed E-state index contributed by atoms with van der Waals surface area (Å²) in [6.45, 7) is 4.42. The van der Waals surface area contributed by atoms with Crippen LogP contribution < -0.4 is 5.32 Å². The Balaban J connectivity index is 2.95. The SMILES string of the molecule is CCNC(=O)c1ncc(C)cc1Br. The first kappa shape index (κ1) is 10.2. The summed E-state index contributed by atoms with van der Waals surface area (Å²) in [6.07, 6.45) is 1.68. The molecule has 0 fully saturated rings. The maximum atomic E-state index is 11.4. The molecule has 0 atom stereocenters. The molecule has 0 aliphatic carbocycles. The lowest BCUT2D eigenvalue weighted by Gasteiger charge is -2.03. The van der Waals surface area contributed by atoms with E-state index in [4.69, 9.17) is 0 Å². The first-order valence-corrected chi connectivity index (χ1v) is 4.84. The zero-order valence-corrected chi connectivity index (χ0v) is 9.18. The zero-order chi connectivity index (χ0) is 9.84. The molecular weight excluding hydrogens is 232 g/mol. The highest BCUT2D eigenvalue weighted by Crippen LogP contribution is 2.15. The quantitative estimate of drug-likeness (QED) is 0.861. The fourth-order valence-corrected chi connectivity index (χ4v) is 1.59. The lowest BCUT2D eigenvalue weighted by Crippen LogP contribution is -2.24. The van der Waals surface area contributed by atoms with Crippen LogP contribution in [0.1, 0.15) is 23.0 Å². The highest BCUT2D eigenvalue weighted by Gasteiger charge is 2.09. The van der Waals surface area contributed by atoms with Crippen molar-refractivity contribution in [2.75, 3.05) is 6.54 Å². The second-order valence-electron chi connectivity index (χ2n) is 2.70. The minimum atomic E-state index is -0.144. The Kier molecular flexibility index (Phi) is 3.42. The van der Waals surface area contributed by atoms with Crippen LogP contribution in [0.15, 0.2) is 16.7 Å². The number of aryl methyl sites for hydroxylation is 1. The first-order chi connectivity index (χ1) is 6.15. The third-order valence-electron chi connectivity index (χ3n) is 1.53. The molecule has 0 unspecified atom stereocenters. The summed E-state index contributed by atoms with van der Waals surface area (Å²) in [6, 6.07) is 1.87. The average Bonchev–Trinajstić information content (AvgIpc) is 2.04. The van der Waals surface area contributed by atoms with Crippen LogP contribution in [-0.4, -0.2) is 17.4 Å². The van der Waals surface area contributed by atoms with E-state index >= 15 is 0 Å². The maximum absolute atomic E-state index is 11.4. The number of carbonyl (C=O) groups is 1. The molecule has 13 heavy (non-hydrogen) atoms. The van der Waals surface area contributed by atoms with Crippen LogP contribution in [0.4, 0.5) is 0 Å². The molecule has 1 amide bonds. The Morgan fingerprint density at radius 1 is 1.69 bits per heavy atom. The molecule has 4 heteroatoms. The number of aromatic nitrogens is 1. The van der Waals surface area contributed by atoms with Crippen molar-refractivity contribution in [3.8, 4) is 0 Å². The lowest BCUT2D eigenvalue weighted by atomic mass is 10.2. The van der Waals surface area contributed by atoms with Crippen molar-refractivity contribution in [3.63, 3.8) is 0 Å². The summed E-state index contributed by atoms with van der Waals surface area (Å²) < 4.78 is 0.735. The Bertz CT molecular complexity index is 325. The van der Waals surface area contributed by atoms with Crippen LogP contribution in [0.25, 0.3) is 0 Å². The molecule has 1 heterocycles. The van der Waals surface area contributed by atoms with Gasteiger partial charge in [0.25, 0.3) is 5.91 Å². The van der Waals surface area contributed by atoms with E-state index in [0.29, 0.717) is 12.2 Å². The van der Waals surface area contributed by atoms with Gasteiger partial charge in [-0.25, -0.2) is 4.98 Å². The van der Waals surface area contributed by atoms with E-state index in [2.05, 4.69) is 26.2 Å². The van der Waals surface area contributed by atoms with E-state index in [0.717, 1.165) is 10.0 Å². The first-order valence-electron chi connectivity index (χ1n) is 4.05. The summed E-state index contributed by atoms with van der Waals surface area (Å²) in [7, 11) is 0. The molecule has 0 saturated heterocycles. The molecule has 1 N–H and O–H groups in total. The van der Waals surface area contributed by atoms with Crippen molar-refractivity contribution in [1.29, 1.82) is 0 Å². The van der Waals surface area contributed by atoms with Crippen molar-refractivity contribution in [3.05, 3.63) is 28.0 Å². The molecule has 0 saturated carbocycles. The van der Waals surface area contributed by atoms with E-state index < -0.39 is 0 Å². The molecule has 0 aliphatic rings. The number of rotatable bonds is 2. The van der Waals surface area contributed by atoms with Gasteiger partial charge in [0.15, 0.2) is 0 Å². The van der Waals surface area contributed by atoms with Gasteiger partial charge in [-0.05, 0) is 41.4 Å². The predicted octanol–water partition coefficient (Wildman–Crippen LogP) is 1.90. The van der Waals surface area contributed by atoms with Crippen LogP contribution in [0.3, 0.4) is 0 Å². The number of carbonyl (C=O) groups excluding carboxylic acids is 1. The minimum absolute atomic E-state index is 0.144. The Hall–Kier alpha value is -0.900. The molecular formula is C9H11BrN2O. The lowest BCUT2D eigenvalue weighted by molar-refractivity contribution is 0.0950. The topological polar surface area (TPSA) is 42.0 Å². The molecule has 0 spiro atoms.